The van der Waals surface area contributed by atoms with Crippen LogP contribution in [0.2, 0.25) is 0 Å². The Bertz CT molecular complexity index is 181. The van der Waals surface area contributed by atoms with Gasteiger partial charge in [-0.25, -0.2) is 0 Å². The number of likely N-dealkylation sites (N-methyl/N-ethyl adjacent to an activating group) is 1. The van der Waals surface area contributed by atoms with Crippen LogP contribution in [0.4, 0.5) is 0 Å². The maximum Gasteiger partial charge on any atom is 0.119 e. The molecule has 0 aliphatic carbocycles. The van der Waals surface area contributed by atoms with Crippen molar-refractivity contribution in [1.29, 1.82) is 0 Å². The summed E-state index contributed by atoms with van der Waals surface area (Å²) in [5.41, 5.74) is -0.00155. The van der Waals surface area contributed by atoms with E-state index in [4.69, 9.17) is 4.74 Å². The molecule has 14 heavy (non-hydrogen) atoms. The first kappa shape index (κ1) is 12.0. The van der Waals surface area contributed by atoms with Gasteiger partial charge in [-0.15, -0.1) is 0 Å². The van der Waals surface area contributed by atoms with Crippen molar-refractivity contribution in [1.82, 2.24) is 4.90 Å². The molecule has 0 N–H and O–H groups in total. The van der Waals surface area contributed by atoms with Crippen molar-refractivity contribution >= 4 is 0 Å². The van der Waals surface area contributed by atoms with Crippen molar-refractivity contribution < 1.29 is 4.74 Å². The molecule has 1 rings (SSSR count). The Hall–Kier alpha value is -0.0800. The number of hydrogen-bond donors (Lipinski definition) is 0. The third-order valence-electron chi connectivity index (χ3n) is 3.30. The lowest BCUT2D eigenvalue weighted by Gasteiger charge is -2.35. The second kappa shape index (κ2) is 4.63. The third-order valence-corrected chi connectivity index (χ3v) is 3.30. The zero-order chi connectivity index (χ0) is 10.8. The van der Waals surface area contributed by atoms with Crippen LogP contribution in [0.25, 0.3) is 0 Å². The van der Waals surface area contributed by atoms with Crippen LogP contribution in [0.3, 0.4) is 0 Å². The molecule has 1 fully saturated rings. The van der Waals surface area contributed by atoms with E-state index in [0.29, 0.717) is 6.04 Å². The SMILES string of the molecule is CCN1C(C)COC1(C)CCC(C)C. The van der Waals surface area contributed by atoms with Crippen LogP contribution in [0.1, 0.15) is 47.5 Å². The molecule has 0 aromatic heterocycles. The molecule has 2 unspecified atom stereocenters. The van der Waals surface area contributed by atoms with Gasteiger partial charge in [-0.3, -0.25) is 4.90 Å². The van der Waals surface area contributed by atoms with Crippen LogP contribution < -0.4 is 0 Å². The lowest BCUT2D eigenvalue weighted by Crippen LogP contribution is -2.45. The van der Waals surface area contributed by atoms with E-state index in [1.165, 1.54) is 6.42 Å². The fraction of sp³-hybridized carbons (Fsp3) is 1.00. The van der Waals surface area contributed by atoms with Crippen molar-refractivity contribution in [2.24, 2.45) is 5.92 Å². The smallest absolute Gasteiger partial charge is 0.119 e. The first-order valence-corrected chi connectivity index (χ1v) is 5.90. The fourth-order valence-corrected chi connectivity index (χ4v) is 2.36. The van der Waals surface area contributed by atoms with Gasteiger partial charge in [0.05, 0.1) is 6.61 Å². The largest absolute Gasteiger partial charge is 0.359 e. The van der Waals surface area contributed by atoms with Crippen LogP contribution in [0.15, 0.2) is 0 Å². The lowest BCUT2D eigenvalue weighted by molar-refractivity contribution is -0.0762. The fourth-order valence-electron chi connectivity index (χ4n) is 2.36. The van der Waals surface area contributed by atoms with E-state index in [-0.39, 0.29) is 5.72 Å². The summed E-state index contributed by atoms with van der Waals surface area (Å²) < 4.78 is 5.93. The minimum atomic E-state index is -0.00155. The van der Waals surface area contributed by atoms with Gasteiger partial charge in [0.15, 0.2) is 0 Å². The molecule has 2 atom stereocenters. The maximum absolute atomic E-state index is 5.93. The molecular weight excluding hydrogens is 174 g/mol. The zero-order valence-corrected chi connectivity index (χ0v) is 10.3. The molecule has 0 aromatic rings. The minimum absolute atomic E-state index is 0.00155. The summed E-state index contributed by atoms with van der Waals surface area (Å²) in [6, 6.07) is 0.581. The van der Waals surface area contributed by atoms with Gasteiger partial charge < -0.3 is 4.74 Å². The summed E-state index contributed by atoms with van der Waals surface area (Å²) in [6.07, 6.45) is 2.41. The molecule has 1 aliphatic rings. The van der Waals surface area contributed by atoms with Crippen LogP contribution in [0.5, 0.6) is 0 Å². The Morgan fingerprint density at radius 3 is 2.64 bits per heavy atom. The van der Waals surface area contributed by atoms with Crippen molar-refractivity contribution in [2.75, 3.05) is 13.2 Å². The number of ether oxygens (including phenoxy) is 1. The van der Waals surface area contributed by atoms with E-state index >= 15 is 0 Å². The van der Waals surface area contributed by atoms with Gasteiger partial charge in [0.25, 0.3) is 0 Å². The van der Waals surface area contributed by atoms with E-state index in [1.807, 2.05) is 0 Å². The third kappa shape index (κ3) is 2.48. The molecule has 84 valence electrons. The normalized spacial score (nSPS) is 34.3. The predicted octanol–water partition coefficient (Wildman–Crippen LogP) is 2.88. The molecule has 2 nitrogen and oxygen atoms in total. The highest BCUT2D eigenvalue weighted by molar-refractivity contribution is 4.86. The van der Waals surface area contributed by atoms with E-state index in [0.717, 1.165) is 25.5 Å². The first-order valence-electron chi connectivity index (χ1n) is 5.90. The average molecular weight is 199 g/mol. The van der Waals surface area contributed by atoms with Crippen molar-refractivity contribution in [3.63, 3.8) is 0 Å². The number of rotatable bonds is 4. The van der Waals surface area contributed by atoms with E-state index in [1.54, 1.807) is 0 Å². The highest BCUT2D eigenvalue weighted by Gasteiger charge is 2.40. The van der Waals surface area contributed by atoms with E-state index in [2.05, 4.69) is 39.5 Å². The van der Waals surface area contributed by atoms with E-state index in [9.17, 15) is 0 Å². The summed E-state index contributed by atoms with van der Waals surface area (Å²) in [5, 5.41) is 0. The highest BCUT2D eigenvalue weighted by atomic mass is 16.5. The number of nitrogens with zero attached hydrogens (tertiary/aromatic N) is 1. The van der Waals surface area contributed by atoms with Crippen molar-refractivity contribution in [3.8, 4) is 0 Å². The number of hydrogen-bond acceptors (Lipinski definition) is 2. The second-order valence-corrected chi connectivity index (χ2v) is 5.05. The van der Waals surface area contributed by atoms with Crippen LogP contribution in [0, 0.1) is 5.92 Å². The Balaban J connectivity index is 2.54. The van der Waals surface area contributed by atoms with Crippen molar-refractivity contribution in [3.05, 3.63) is 0 Å². The van der Waals surface area contributed by atoms with Gasteiger partial charge in [-0.2, -0.15) is 0 Å². The summed E-state index contributed by atoms with van der Waals surface area (Å²) in [4.78, 5) is 2.48. The zero-order valence-electron chi connectivity index (χ0n) is 10.3. The Morgan fingerprint density at radius 2 is 2.14 bits per heavy atom. The van der Waals surface area contributed by atoms with Gasteiger partial charge in [0.1, 0.15) is 5.72 Å². The summed E-state index contributed by atoms with van der Waals surface area (Å²) in [5.74, 6) is 0.769. The first-order chi connectivity index (χ1) is 6.49. The van der Waals surface area contributed by atoms with Gasteiger partial charge in [0, 0.05) is 6.04 Å². The maximum atomic E-state index is 5.93. The standard InChI is InChI=1S/C12H25NO/c1-6-13-11(4)9-14-12(13,5)8-7-10(2)3/h10-11H,6-9H2,1-5H3. The lowest BCUT2D eigenvalue weighted by atomic mass is 10.0. The van der Waals surface area contributed by atoms with Gasteiger partial charge in [-0.05, 0) is 39.2 Å². The summed E-state index contributed by atoms with van der Waals surface area (Å²) in [7, 11) is 0. The Labute approximate surface area is 88.6 Å². The van der Waals surface area contributed by atoms with Gasteiger partial charge in [0.2, 0.25) is 0 Å². The Morgan fingerprint density at radius 1 is 1.50 bits per heavy atom. The molecule has 1 heterocycles. The van der Waals surface area contributed by atoms with Crippen molar-refractivity contribution in [2.45, 2.75) is 59.2 Å². The summed E-state index contributed by atoms with van der Waals surface area (Å²) in [6.45, 7) is 13.2. The molecule has 0 radical (unpaired) electrons. The molecule has 0 bridgehead atoms. The molecule has 0 aromatic carbocycles. The van der Waals surface area contributed by atoms with Crippen LogP contribution in [-0.2, 0) is 4.74 Å². The van der Waals surface area contributed by atoms with Gasteiger partial charge in [-0.1, -0.05) is 20.8 Å². The second-order valence-electron chi connectivity index (χ2n) is 5.05. The highest BCUT2D eigenvalue weighted by Crippen LogP contribution is 2.32. The topological polar surface area (TPSA) is 12.5 Å². The molecule has 0 amide bonds. The van der Waals surface area contributed by atoms with Crippen LogP contribution >= 0.6 is 0 Å². The molecule has 0 saturated carbocycles. The quantitative estimate of drug-likeness (QED) is 0.690. The van der Waals surface area contributed by atoms with Gasteiger partial charge >= 0.3 is 0 Å². The Kier molecular flexibility index (Phi) is 3.96. The molecule has 1 saturated heterocycles. The predicted molar refractivity (Wildman–Crippen MR) is 60.3 cm³/mol. The minimum Gasteiger partial charge on any atom is -0.359 e. The molecule has 2 heteroatoms. The summed E-state index contributed by atoms with van der Waals surface area (Å²) >= 11 is 0. The monoisotopic (exact) mass is 199 g/mol. The van der Waals surface area contributed by atoms with E-state index < -0.39 is 0 Å². The molecule has 0 spiro atoms. The molecular formula is C12H25NO. The molecule has 1 aliphatic heterocycles. The average Bonchev–Trinajstić information content (AvgIpc) is 2.40. The van der Waals surface area contributed by atoms with Crippen LogP contribution in [-0.4, -0.2) is 29.8 Å².